The van der Waals surface area contributed by atoms with Crippen molar-refractivity contribution in [2.75, 3.05) is 5.32 Å². The van der Waals surface area contributed by atoms with Gasteiger partial charge in [0.2, 0.25) is 16.9 Å². The van der Waals surface area contributed by atoms with Gasteiger partial charge in [-0.3, -0.25) is 9.59 Å². The molecule has 0 spiro atoms. The van der Waals surface area contributed by atoms with Gasteiger partial charge in [0.05, 0.1) is 12.5 Å². The van der Waals surface area contributed by atoms with Crippen molar-refractivity contribution < 1.29 is 9.59 Å². The molecule has 1 atom stereocenters. The summed E-state index contributed by atoms with van der Waals surface area (Å²) in [5.41, 5.74) is 0. The van der Waals surface area contributed by atoms with E-state index in [1.54, 1.807) is 0 Å². The second-order valence-corrected chi connectivity index (χ2v) is 7.66. The van der Waals surface area contributed by atoms with Crippen molar-refractivity contribution in [2.45, 2.75) is 39.7 Å². The number of carbonyl (C=O) groups excluding carboxylic acids is 2. The van der Waals surface area contributed by atoms with E-state index in [1.165, 1.54) is 29.6 Å². The summed E-state index contributed by atoms with van der Waals surface area (Å²) >= 11 is 2.90. The van der Waals surface area contributed by atoms with Crippen LogP contribution >= 0.6 is 22.7 Å². The largest absolute Gasteiger partial charge is 0.348 e. The van der Waals surface area contributed by atoms with Crippen molar-refractivity contribution in [1.82, 2.24) is 15.5 Å². The van der Waals surface area contributed by atoms with Crippen LogP contribution in [0.5, 0.6) is 0 Å². The predicted octanol–water partition coefficient (Wildman–Crippen LogP) is 3.00. The Balaban J connectivity index is 1.96. The number of carbonyl (C=O) groups is 2. The van der Waals surface area contributed by atoms with Gasteiger partial charge < -0.3 is 10.6 Å². The van der Waals surface area contributed by atoms with E-state index in [0.717, 1.165) is 16.3 Å². The average Bonchev–Trinajstić information content (AvgIpc) is 3.08. The van der Waals surface area contributed by atoms with Crippen LogP contribution in [0.4, 0.5) is 5.13 Å². The van der Waals surface area contributed by atoms with E-state index in [-0.39, 0.29) is 24.3 Å². The van der Waals surface area contributed by atoms with Crippen LogP contribution in [0.15, 0.2) is 17.5 Å². The van der Waals surface area contributed by atoms with Gasteiger partial charge in [0.25, 0.3) is 0 Å². The van der Waals surface area contributed by atoms with Crippen LogP contribution < -0.4 is 10.6 Å². The molecule has 0 radical (unpaired) electrons. The monoisotopic (exact) mass is 352 g/mol. The second-order valence-electron chi connectivity index (χ2n) is 5.62. The number of nitrogens with one attached hydrogen (secondary N) is 2. The molecular formula is C15H20N4O2S2. The minimum absolute atomic E-state index is 0.161. The molecule has 0 aliphatic heterocycles. The minimum Gasteiger partial charge on any atom is -0.348 e. The smallest absolute Gasteiger partial charge is 0.228 e. The Kier molecular flexibility index (Phi) is 6.23. The summed E-state index contributed by atoms with van der Waals surface area (Å²) in [6.45, 7) is 5.67. The molecule has 0 fully saturated rings. The van der Waals surface area contributed by atoms with Gasteiger partial charge in [-0.05, 0) is 17.4 Å². The maximum Gasteiger partial charge on any atom is 0.228 e. The maximum absolute atomic E-state index is 12.2. The first-order chi connectivity index (χ1) is 10.9. The van der Waals surface area contributed by atoms with Crippen LogP contribution in [0.2, 0.25) is 0 Å². The summed E-state index contributed by atoms with van der Waals surface area (Å²) in [7, 11) is 0. The third kappa shape index (κ3) is 5.72. The van der Waals surface area contributed by atoms with Crippen LogP contribution in [0.3, 0.4) is 0 Å². The highest BCUT2D eigenvalue weighted by Crippen LogP contribution is 2.23. The van der Waals surface area contributed by atoms with Gasteiger partial charge >= 0.3 is 0 Å². The van der Waals surface area contributed by atoms with Crippen molar-refractivity contribution in [3.63, 3.8) is 0 Å². The molecule has 0 saturated heterocycles. The lowest BCUT2D eigenvalue weighted by Crippen LogP contribution is -2.29. The lowest BCUT2D eigenvalue weighted by Gasteiger charge is -2.15. The van der Waals surface area contributed by atoms with Gasteiger partial charge in [0.15, 0.2) is 0 Å². The molecule has 2 heterocycles. The van der Waals surface area contributed by atoms with Gasteiger partial charge in [0, 0.05) is 18.2 Å². The highest BCUT2D eigenvalue weighted by atomic mass is 32.1. The van der Waals surface area contributed by atoms with Gasteiger partial charge in [-0.1, -0.05) is 31.3 Å². The second kappa shape index (κ2) is 8.16. The van der Waals surface area contributed by atoms with Gasteiger partial charge in [-0.15, -0.1) is 21.5 Å². The van der Waals surface area contributed by atoms with E-state index in [1.807, 2.05) is 17.5 Å². The Labute approximate surface area is 143 Å². The summed E-state index contributed by atoms with van der Waals surface area (Å²) < 4.78 is 0. The van der Waals surface area contributed by atoms with Crippen LogP contribution in [0, 0.1) is 5.92 Å². The zero-order valence-corrected chi connectivity index (χ0v) is 15.0. The number of nitrogens with zero attached hydrogens (tertiary/aromatic N) is 2. The van der Waals surface area contributed by atoms with Crippen molar-refractivity contribution in [2.24, 2.45) is 5.92 Å². The average molecular weight is 352 g/mol. The minimum atomic E-state index is -0.324. The van der Waals surface area contributed by atoms with Gasteiger partial charge in [-0.25, -0.2) is 0 Å². The lowest BCUT2D eigenvalue weighted by molar-refractivity contribution is -0.120. The standard InChI is InChI=1S/C15H20N4O2S2/c1-9(2)7-14-18-19-15(23-14)17-13(21)8-11(16-10(3)20)12-5-4-6-22-12/h4-6,9,11H,7-8H2,1-3H3,(H,16,20)(H,17,19,21)/t11-/m1/s1. The fourth-order valence-corrected chi connectivity index (χ4v) is 3.80. The molecule has 2 aromatic rings. The molecule has 0 bridgehead atoms. The van der Waals surface area contributed by atoms with Crippen molar-refractivity contribution in [1.29, 1.82) is 0 Å². The Morgan fingerprint density at radius 1 is 1.30 bits per heavy atom. The number of hydrogen-bond donors (Lipinski definition) is 2. The Morgan fingerprint density at radius 3 is 2.70 bits per heavy atom. The summed E-state index contributed by atoms with van der Waals surface area (Å²) in [5.74, 6) is 0.144. The first-order valence-corrected chi connectivity index (χ1v) is 9.06. The fraction of sp³-hybridized carbons (Fsp3) is 0.467. The highest BCUT2D eigenvalue weighted by Gasteiger charge is 2.19. The van der Waals surface area contributed by atoms with E-state index >= 15 is 0 Å². The molecule has 0 saturated carbocycles. The van der Waals surface area contributed by atoms with Crippen LogP contribution in [0.1, 0.15) is 43.1 Å². The van der Waals surface area contributed by atoms with E-state index in [4.69, 9.17) is 0 Å². The molecule has 0 aliphatic carbocycles. The zero-order chi connectivity index (χ0) is 16.8. The molecule has 6 nitrogen and oxygen atoms in total. The number of thiophene rings is 1. The molecule has 2 N–H and O–H groups in total. The molecule has 2 rings (SSSR count). The molecular weight excluding hydrogens is 332 g/mol. The first-order valence-electron chi connectivity index (χ1n) is 7.36. The highest BCUT2D eigenvalue weighted by molar-refractivity contribution is 7.15. The van der Waals surface area contributed by atoms with Gasteiger partial charge in [0.1, 0.15) is 5.01 Å². The number of amides is 2. The van der Waals surface area contributed by atoms with Gasteiger partial charge in [-0.2, -0.15) is 0 Å². The molecule has 2 amide bonds. The van der Waals surface area contributed by atoms with E-state index < -0.39 is 0 Å². The summed E-state index contributed by atoms with van der Waals surface area (Å²) in [4.78, 5) is 24.5. The van der Waals surface area contributed by atoms with E-state index in [9.17, 15) is 9.59 Å². The van der Waals surface area contributed by atoms with Crippen LogP contribution in [-0.2, 0) is 16.0 Å². The topological polar surface area (TPSA) is 84.0 Å². The summed E-state index contributed by atoms with van der Waals surface area (Å²) in [5, 5.41) is 17.0. The Bertz CT molecular complexity index is 652. The summed E-state index contributed by atoms with van der Waals surface area (Å²) in [6, 6.07) is 3.48. The molecule has 0 unspecified atom stereocenters. The van der Waals surface area contributed by atoms with Crippen molar-refractivity contribution in [3.8, 4) is 0 Å². The number of aromatic nitrogens is 2. The predicted molar refractivity (Wildman–Crippen MR) is 92.6 cm³/mol. The quantitative estimate of drug-likeness (QED) is 0.802. The lowest BCUT2D eigenvalue weighted by atomic mass is 10.1. The maximum atomic E-state index is 12.2. The van der Waals surface area contributed by atoms with E-state index in [2.05, 4.69) is 34.7 Å². The molecule has 2 aromatic heterocycles. The summed E-state index contributed by atoms with van der Waals surface area (Å²) in [6.07, 6.45) is 1.01. The van der Waals surface area contributed by atoms with Crippen molar-refractivity contribution in [3.05, 3.63) is 27.4 Å². The van der Waals surface area contributed by atoms with Crippen molar-refractivity contribution >= 4 is 39.6 Å². The Hall–Kier alpha value is -1.80. The normalized spacial score (nSPS) is 12.2. The third-order valence-electron chi connectivity index (χ3n) is 2.95. The third-order valence-corrected chi connectivity index (χ3v) is 4.80. The SMILES string of the molecule is CC(=O)N[C@H](CC(=O)Nc1nnc(CC(C)C)s1)c1cccs1. The number of rotatable bonds is 7. The molecule has 23 heavy (non-hydrogen) atoms. The molecule has 8 heteroatoms. The van der Waals surface area contributed by atoms with Crippen LogP contribution in [-0.4, -0.2) is 22.0 Å². The molecule has 124 valence electrons. The van der Waals surface area contributed by atoms with E-state index in [0.29, 0.717) is 11.0 Å². The Morgan fingerprint density at radius 2 is 2.09 bits per heavy atom. The zero-order valence-electron chi connectivity index (χ0n) is 13.3. The molecule has 0 aromatic carbocycles. The first kappa shape index (κ1) is 17.6. The van der Waals surface area contributed by atoms with Crippen LogP contribution in [0.25, 0.3) is 0 Å². The fourth-order valence-electron chi connectivity index (χ4n) is 2.05. The number of anilines is 1. The number of hydrogen-bond acceptors (Lipinski definition) is 6. The molecule has 0 aliphatic rings.